The highest BCUT2D eigenvalue weighted by atomic mass is 35.5. The Balaban J connectivity index is 1.91. The van der Waals surface area contributed by atoms with Crippen molar-refractivity contribution < 1.29 is 14.2 Å². The van der Waals surface area contributed by atoms with Crippen molar-refractivity contribution >= 4 is 11.6 Å². The van der Waals surface area contributed by atoms with E-state index < -0.39 is 5.60 Å². The van der Waals surface area contributed by atoms with Crippen molar-refractivity contribution in [2.75, 3.05) is 0 Å². The van der Waals surface area contributed by atoms with Gasteiger partial charge in [0.1, 0.15) is 11.6 Å². The first-order valence-electron chi connectivity index (χ1n) is 5.93. The van der Waals surface area contributed by atoms with E-state index >= 15 is 0 Å². The van der Waals surface area contributed by atoms with Crippen molar-refractivity contribution in [3.63, 3.8) is 0 Å². The molecule has 0 unspecified atom stereocenters. The molecule has 4 heteroatoms. The summed E-state index contributed by atoms with van der Waals surface area (Å²) in [7, 11) is 0. The molecule has 0 heterocycles. The predicted molar refractivity (Wildman–Crippen MR) is 62.9 cm³/mol. The first-order chi connectivity index (χ1) is 8.06. The van der Waals surface area contributed by atoms with E-state index in [0.717, 1.165) is 25.7 Å². The third kappa shape index (κ3) is 2.55. The molecule has 0 spiro atoms. The Morgan fingerprint density at radius 1 is 1.41 bits per heavy atom. The lowest BCUT2D eigenvalue weighted by Crippen LogP contribution is -2.13. The van der Waals surface area contributed by atoms with E-state index in [1.165, 1.54) is 12.1 Å². The smallest absolute Gasteiger partial charge is 0.141 e. The van der Waals surface area contributed by atoms with Crippen molar-refractivity contribution in [2.24, 2.45) is 0 Å². The molecule has 0 bridgehead atoms. The van der Waals surface area contributed by atoms with Gasteiger partial charge in [0.15, 0.2) is 0 Å². The molecule has 2 nitrogen and oxygen atoms in total. The van der Waals surface area contributed by atoms with Gasteiger partial charge in [-0.25, -0.2) is 4.39 Å². The highest BCUT2D eigenvalue weighted by Gasteiger charge is 2.41. The van der Waals surface area contributed by atoms with Crippen LogP contribution < -0.4 is 4.74 Å². The number of ether oxygens (including phenoxy) is 1. The lowest BCUT2D eigenvalue weighted by atomic mass is 10.1. The van der Waals surface area contributed by atoms with Crippen LogP contribution >= 0.6 is 11.6 Å². The molecule has 0 amide bonds. The second-order valence-electron chi connectivity index (χ2n) is 5.09. The minimum Gasteiger partial charge on any atom is -0.489 e. The first kappa shape index (κ1) is 11.3. The Hall–Kier alpha value is -0.800. The molecule has 92 valence electrons. The van der Waals surface area contributed by atoms with E-state index in [9.17, 15) is 9.50 Å². The van der Waals surface area contributed by atoms with Crippen LogP contribution in [0.5, 0.6) is 5.75 Å². The Bertz CT molecular complexity index is 453. The summed E-state index contributed by atoms with van der Waals surface area (Å²) in [5.41, 5.74) is 0.0144. The molecule has 1 aromatic rings. The van der Waals surface area contributed by atoms with Crippen molar-refractivity contribution in [1.82, 2.24) is 0 Å². The van der Waals surface area contributed by atoms with Crippen molar-refractivity contribution in [3.8, 4) is 5.75 Å². The number of hydrogen-bond acceptors (Lipinski definition) is 2. The highest BCUT2D eigenvalue weighted by molar-refractivity contribution is 6.32. The molecule has 2 saturated carbocycles. The fraction of sp³-hybridized carbons (Fsp3) is 0.538. The van der Waals surface area contributed by atoms with Crippen LogP contribution in [0.3, 0.4) is 0 Å². The van der Waals surface area contributed by atoms with Crippen LogP contribution in [0.15, 0.2) is 12.1 Å². The third-order valence-electron chi connectivity index (χ3n) is 3.24. The fourth-order valence-corrected chi connectivity index (χ4v) is 2.18. The zero-order chi connectivity index (χ0) is 12.0. The summed E-state index contributed by atoms with van der Waals surface area (Å²) < 4.78 is 19.0. The lowest BCUT2D eigenvalue weighted by Gasteiger charge is -2.15. The quantitative estimate of drug-likeness (QED) is 0.897. The molecule has 1 aromatic carbocycles. The summed E-state index contributed by atoms with van der Waals surface area (Å²) in [5.74, 6) is 0.174. The van der Waals surface area contributed by atoms with E-state index in [1.807, 2.05) is 0 Å². The second kappa shape index (κ2) is 3.85. The summed E-state index contributed by atoms with van der Waals surface area (Å²) in [6.45, 7) is 0. The van der Waals surface area contributed by atoms with Gasteiger partial charge in [-0.15, -0.1) is 0 Å². The van der Waals surface area contributed by atoms with Gasteiger partial charge in [0.05, 0.1) is 16.7 Å². The first-order valence-corrected chi connectivity index (χ1v) is 6.30. The number of benzene rings is 1. The number of hydrogen-bond donors (Lipinski definition) is 1. The van der Waals surface area contributed by atoms with Gasteiger partial charge in [-0.3, -0.25) is 0 Å². The topological polar surface area (TPSA) is 29.5 Å². The van der Waals surface area contributed by atoms with Crippen LogP contribution in [0.4, 0.5) is 4.39 Å². The summed E-state index contributed by atoms with van der Waals surface area (Å²) in [5, 5.41) is 10.2. The third-order valence-corrected chi connectivity index (χ3v) is 3.52. The molecule has 0 aromatic heterocycles. The minimum absolute atomic E-state index is 0.213. The highest BCUT2D eigenvalue weighted by Crippen LogP contribution is 2.43. The number of aliphatic hydroxyl groups is 1. The molecule has 2 aliphatic carbocycles. The summed E-state index contributed by atoms with van der Waals surface area (Å²) >= 11 is 6.01. The maximum atomic E-state index is 13.3. The van der Waals surface area contributed by atoms with Gasteiger partial charge in [0, 0.05) is 12.0 Å². The van der Waals surface area contributed by atoms with Gasteiger partial charge in [-0.2, -0.15) is 0 Å². The molecular formula is C13H14ClFO2. The zero-order valence-electron chi connectivity index (χ0n) is 9.38. The molecule has 0 radical (unpaired) electrons. The van der Waals surface area contributed by atoms with Crippen LogP contribution in [-0.2, 0) is 6.42 Å². The average Bonchev–Trinajstić information content (AvgIpc) is 3.11. The predicted octanol–water partition coefficient (Wildman–Crippen LogP) is 3.09. The fourth-order valence-electron chi connectivity index (χ4n) is 1.91. The standard InChI is InChI=1S/C13H14ClFO2/c14-11-6-9(15)5-8(7-13(16)3-4-13)12(11)17-10-1-2-10/h5-6,10,16H,1-4,7H2. The minimum atomic E-state index is -0.668. The number of rotatable bonds is 4. The average molecular weight is 257 g/mol. The van der Waals surface area contributed by atoms with Gasteiger partial charge in [-0.05, 0) is 37.8 Å². The molecule has 1 N–H and O–H groups in total. The van der Waals surface area contributed by atoms with Crippen molar-refractivity contribution in [3.05, 3.63) is 28.5 Å². The SMILES string of the molecule is OC1(Cc2cc(F)cc(Cl)c2OC2CC2)CC1. The van der Waals surface area contributed by atoms with Crippen molar-refractivity contribution in [1.29, 1.82) is 0 Å². The van der Waals surface area contributed by atoms with Crippen molar-refractivity contribution in [2.45, 2.75) is 43.8 Å². The lowest BCUT2D eigenvalue weighted by molar-refractivity contribution is 0.149. The molecule has 2 fully saturated rings. The van der Waals surface area contributed by atoms with Crippen LogP contribution in [0, 0.1) is 5.82 Å². The monoisotopic (exact) mass is 256 g/mol. The van der Waals surface area contributed by atoms with Gasteiger partial charge >= 0.3 is 0 Å². The molecule has 0 atom stereocenters. The molecule has 2 aliphatic rings. The Labute approximate surface area is 104 Å². The summed E-state index contributed by atoms with van der Waals surface area (Å²) in [6.07, 6.45) is 4.22. The van der Waals surface area contributed by atoms with Gasteiger partial charge in [0.2, 0.25) is 0 Å². The van der Waals surface area contributed by atoms with E-state index in [-0.39, 0.29) is 11.9 Å². The van der Waals surface area contributed by atoms with Gasteiger partial charge < -0.3 is 9.84 Å². The van der Waals surface area contributed by atoms with E-state index in [0.29, 0.717) is 22.8 Å². The normalized spacial score (nSPS) is 21.4. The van der Waals surface area contributed by atoms with Gasteiger partial charge in [0.25, 0.3) is 0 Å². The Kier molecular flexibility index (Phi) is 2.56. The second-order valence-corrected chi connectivity index (χ2v) is 5.50. The zero-order valence-corrected chi connectivity index (χ0v) is 10.1. The van der Waals surface area contributed by atoms with Crippen LogP contribution in [-0.4, -0.2) is 16.8 Å². The molecule has 0 aliphatic heterocycles. The van der Waals surface area contributed by atoms with E-state index in [4.69, 9.17) is 16.3 Å². The Morgan fingerprint density at radius 2 is 2.12 bits per heavy atom. The molecule has 0 saturated heterocycles. The maximum Gasteiger partial charge on any atom is 0.141 e. The summed E-state index contributed by atoms with van der Waals surface area (Å²) in [4.78, 5) is 0. The largest absolute Gasteiger partial charge is 0.489 e. The maximum absolute atomic E-state index is 13.3. The molecule has 17 heavy (non-hydrogen) atoms. The van der Waals surface area contributed by atoms with Gasteiger partial charge in [-0.1, -0.05) is 11.6 Å². The van der Waals surface area contributed by atoms with E-state index in [2.05, 4.69) is 0 Å². The van der Waals surface area contributed by atoms with Crippen LogP contribution in [0.1, 0.15) is 31.2 Å². The van der Waals surface area contributed by atoms with Crippen LogP contribution in [0.2, 0.25) is 5.02 Å². The molecule has 3 rings (SSSR count). The van der Waals surface area contributed by atoms with E-state index in [1.54, 1.807) is 0 Å². The summed E-state index contributed by atoms with van der Waals surface area (Å²) in [6, 6.07) is 2.68. The van der Waals surface area contributed by atoms with Crippen LogP contribution in [0.25, 0.3) is 0 Å². The number of halogens is 2. The Morgan fingerprint density at radius 3 is 2.71 bits per heavy atom. The molecular weight excluding hydrogens is 243 g/mol.